The van der Waals surface area contributed by atoms with Crippen molar-refractivity contribution in [3.8, 4) is 0 Å². The van der Waals surface area contributed by atoms with Gasteiger partial charge in [0, 0.05) is 6.04 Å². The van der Waals surface area contributed by atoms with Crippen LogP contribution in [-0.4, -0.2) is 48.2 Å². The Bertz CT molecular complexity index is 235. The van der Waals surface area contributed by atoms with E-state index in [2.05, 4.69) is 17.1 Å². The summed E-state index contributed by atoms with van der Waals surface area (Å²) in [7, 11) is 4.07. The minimum atomic E-state index is -0.679. The van der Waals surface area contributed by atoms with Gasteiger partial charge in [-0.05, 0) is 46.8 Å². The van der Waals surface area contributed by atoms with Gasteiger partial charge in [0.1, 0.15) is 5.54 Å². The molecule has 0 aromatic rings. The molecule has 1 aliphatic rings. The number of rotatable bonds is 6. The van der Waals surface area contributed by atoms with Crippen molar-refractivity contribution in [2.24, 2.45) is 0 Å². The van der Waals surface area contributed by atoms with Gasteiger partial charge in [-0.15, -0.1) is 0 Å². The summed E-state index contributed by atoms with van der Waals surface area (Å²) in [6, 6.07) is 0.261. The third-order valence-corrected chi connectivity index (χ3v) is 3.40. The van der Waals surface area contributed by atoms with E-state index < -0.39 is 11.5 Å². The van der Waals surface area contributed by atoms with Crippen LogP contribution in [0.25, 0.3) is 0 Å². The molecule has 0 aromatic heterocycles. The number of carboxylic acids is 1. The zero-order valence-corrected chi connectivity index (χ0v) is 10.6. The molecule has 0 saturated heterocycles. The summed E-state index contributed by atoms with van der Waals surface area (Å²) < 4.78 is 0. The van der Waals surface area contributed by atoms with Gasteiger partial charge in [-0.1, -0.05) is 12.8 Å². The van der Waals surface area contributed by atoms with Crippen molar-refractivity contribution in [3.63, 3.8) is 0 Å². The quantitative estimate of drug-likeness (QED) is 0.720. The molecule has 2 N–H and O–H groups in total. The van der Waals surface area contributed by atoms with Crippen LogP contribution in [0, 0.1) is 0 Å². The Hall–Kier alpha value is -0.610. The lowest BCUT2D eigenvalue weighted by Crippen LogP contribution is -2.53. The first-order chi connectivity index (χ1) is 7.46. The van der Waals surface area contributed by atoms with E-state index in [0.717, 1.165) is 38.6 Å². The molecular formula is C12H24N2O2. The molecule has 94 valence electrons. The second-order valence-corrected chi connectivity index (χ2v) is 5.23. The average molecular weight is 228 g/mol. The summed E-state index contributed by atoms with van der Waals surface area (Å²) in [5, 5.41) is 12.6. The van der Waals surface area contributed by atoms with Gasteiger partial charge in [-0.2, -0.15) is 0 Å². The smallest absolute Gasteiger partial charge is 0.323 e. The molecule has 1 fully saturated rings. The predicted octanol–water partition coefficient (Wildman–Crippen LogP) is 1.31. The Morgan fingerprint density at radius 3 is 2.44 bits per heavy atom. The minimum absolute atomic E-state index is 0.261. The maximum atomic E-state index is 11.3. The Morgan fingerprint density at radius 2 is 2.00 bits per heavy atom. The van der Waals surface area contributed by atoms with Crippen LogP contribution in [0.4, 0.5) is 0 Å². The molecule has 1 unspecified atom stereocenters. The monoisotopic (exact) mass is 228 g/mol. The van der Waals surface area contributed by atoms with Crippen LogP contribution < -0.4 is 5.32 Å². The largest absolute Gasteiger partial charge is 0.480 e. The van der Waals surface area contributed by atoms with Crippen LogP contribution in [0.5, 0.6) is 0 Å². The summed E-state index contributed by atoms with van der Waals surface area (Å²) in [4.78, 5) is 13.4. The van der Waals surface area contributed by atoms with E-state index in [1.165, 1.54) is 0 Å². The zero-order chi connectivity index (χ0) is 12.2. The molecule has 1 saturated carbocycles. The molecule has 1 aliphatic carbocycles. The van der Waals surface area contributed by atoms with Crippen LogP contribution in [-0.2, 0) is 4.79 Å². The Labute approximate surface area is 98.0 Å². The van der Waals surface area contributed by atoms with E-state index in [4.69, 9.17) is 0 Å². The summed E-state index contributed by atoms with van der Waals surface area (Å²) in [5.74, 6) is -0.679. The highest BCUT2D eigenvalue weighted by atomic mass is 16.4. The molecule has 0 heterocycles. The van der Waals surface area contributed by atoms with Gasteiger partial charge in [0.15, 0.2) is 0 Å². The van der Waals surface area contributed by atoms with Gasteiger partial charge in [-0.3, -0.25) is 10.1 Å². The molecule has 1 rings (SSSR count). The van der Waals surface area contributed by atoms with Crippen molar-refractivity contribution < 1.29 is 9.90 Å². The number of hydrogen-bond donors (Lipinski definition) is 2. The van der Waals surface area contributed by atoms with Crippen LogP contribution in [0.1, 0.15) is 39.0 Å². The Kier molecular flexibility index (Phi) is 4.74. The first-order valence-electron chi connectivity index (χ1n) is 6.12. The normalized spacial score (nSPS) is 21.2. The molecular weight excluding hydrogens is 204 g/mol. The van der Waals surface area contributed by atoms with Gasteiger partial charge < -0.3 is 10.0 Å². The Balaban J connectivity index is 2.46. The zero-order valence-electron chi connectivity index (χ0n) is 10.6. The van der Waals surface area contributed by atoms with E-state index in [1.54, 1.807) is 0 Å². The highest BCUT2D eigenvalue weighted by Gasteiger charge is 2.41. The number of hydrogen-bond acceptors (Lipinski definition) is 3. The van der Waals surface area contributed by atoms with Crippen molar-refractivity contribution in [3.05, 3.63) is 0 Å². The van der Waals surface area contributed by atoms with Crippen LogP contribution >= 0.6 is 0 Å². The number of aliphatic carboxylic acids is 1. The second kappa shape index (κ2) is 5.64. The molecule has 4 nitrogen and oxygen atoms in total. The van der Waals surface area contributed by atoms with E-state index in [-0.39, 0.29) is 6.04 Å². The molecule has 4 heteroatoms. The molecule has 0 bridgehead atoms. The minimum Gasteiger partial charge on any atom is -0.480 e. The summed E-state index contributed by atoms with van der Waals surface area (Å²) >= 11 is 0. The number of carboxylic acid groups (broad SMARTS) is 1. The van der Waals surface area contributed by atoms with Gasteiger partial charge in [0.2, 0.25) is 0 Å². The summed E-state index contributed by atoms with van der Waals surface area (Å²) in [6.07, 6.45) is 4.59. The lowest BCUT2D eigenvalue weighted by atomic mass is 9.96. The first kappa shape index (κ1) is 13.5. The Morgan fingerprint density at radius 1 is 1.44 bits per heavy atom. The van der Waals surface area contributed by atoms with E-state index >= 15 is 0 Å². The number of nitrogens with zero attached hydrogens (tertiary/aromatic N) is 1. The SMILES string of the molecule is CC(CCN(C)C)NC1(C(=O)O)CCCC1. The van der Waals surface area contributed by atoms with Crippen molar-refractivity contribution >= 4 is 5.97 Å². The molecule has 0 radical (unpaired) electrons. The lowest BCUT2D eigenvalue weighted by Gasteiger charge is -2.30. The van der Waals surface area contributed by atoms with E-state index in [9.17, 15) is 9.90 Å². The lowest BCUT2D eigenvalue weighted by molar-refractivity contribution is -0.145. The van der Waals surface area contributed by atoms with Gasteiger partial charge in [-0.25, -0.2) is 0 Å². The number of nitrogens with one attached hydrogen (secondary N) is 1. The molecule has 0 spiro atoms. The summed E-state index contributed by atoms with van der Waals surface area (Å²) in [5.41, 5.74) is -0.647. The third kappa shape index (κ3) is 3.46. The fourth-order valence-electron chi connectivity index (χ4n) is 2.39. The number of carbonyl (C=O) groups is 1. The molecule has 1 atom stereocenters. The molecule has 0 aromatic carbocycles. The molecule has 16 heavy (non-hydrogen) atoms. The maximum Gasteiger partial charge on any atom is 0.323 e. The third-order valence-electron chi connectivity index (χ3n) is 3.40. The van der Waals surface area contributed by atoms with E-state index in [1.807, 2.05) is 14.1 Å². The molecule has 0 amide bonds. The average Bonchev–Trinajstić information content (AvgIpc) is 2.64. The van der Waals surface area contributed by atoms with E-state index in [0.29, 0.717) is 0 Å². The molecule has 0 aliphatic heterocycles. The van der Waals surface area contributed by atoms with Crippen LogP contribution in [0.2, 0.25) is 0 Å². The van der Waals surface area contributed by atoms with Crippen molar-refractivity contribution in [2.75, 3.05) is 20.6 Å². The van der Waals surface area contributed by atoms with Crippen molar-refractivity contribution in [1.82, 2.24) is 10.2 Å². The maximum absolute atomic E-state index is 11.3. The van der Waals surface area contributed by atoms with Crippen LogP contribution in [0.15, 0.2) is 0 Å². The topological polar surface area (TPSA) is 52.6 Å². The van der Waals surface area contributed by atoms with Crippen molar-refractivity contribution in [1.29, 1.82) is 0 Å². The standard InChI is InChI=1S/C12H24N2O2/c1-10(6-9-14(2)3)13-12(11(15)16)7-4-5-8-12/h10,13H,4-9H2,1-3H3,(H,15,16). The first-order valence-corrected chi connectivity index (χ1v) is 6.12. The second-order valence-electron chi connectivity index (χ2n) is 5.23. The van der Waals surface area contributed by atoms with Gasteiger partial charge in [0.25, 0.3) is 0 Å². The fourth-order valence-corrected chi connectivity index (χ4v) is 2.39. The highest BCUT2D eigenvalue weighted by Crippen LogP contribution is 2.30. The van der Waals surface area contributed by atoms with Crippen LogP contribution in [0.3, 0.4) is 0 Å². The fraction of sp³-hybridized carbons (Fsp3) is 0.917. The highest BCUT2D eigenvalue weighted by molar-refractivity contribution is 5.79. The van der Waals surface area contributed by atoms with Crippen molar-refractivity contribution in [2.45, 2.75) is 50.6 Å². The predicted molar refractivity (Wildman–Crippen MR) is 64.6 cm³/mol. The van der Waals surface area contributed by atoms with Gasteiger partial charge >= 0.3 is 5.97 Å². The van der Waals surface area contributed by atoms with Gasteiger partial charge in [0.05, 0.1) is 0 Å². The summed E-state index contributed by atoms with van der Waals surface area (Å²) in [6.45, 7) is 3.07.